The van der Waals surface area contributed by atoms with Gasteiger partial charge in [-0.3, -0.25) is 0 Å². The second-order valence-electron chi connectivity index (χ2n) is 8.36. The smallest absolute Gasteiger partial charge is 0.192 e. The van der Waals surface area contributed by atoms with Crippen molar-refractivity contribution < 1.29 is 14.3 Å². The SMILES string of the molecule is CC(C)(C)[Si](C)(C)OCc1cc([C@@H](O)CBr)ccc1OCc1ccccc1. The molecule has 0 spiro atoms. The monoisotopic (exact) mass is 450 g/mol. The Bertz CT molecular complexity index is 726. The minimum Gasteiger partial charge on any atom is -0.489 e. The van der Waals surface area contributed by atoms with Crippen molar-refractivity contribution >= 4 is 24.2 Å². The number of aliphatic hydroxyl groups is 1. The maximum absolute atomic E-state index is 10.2. The van der Waals surface area contributed by atoms with Crippen LogP contribution in [0.15, 0.2) is 48.5 Å². The molecule has 3 nitrogen and oxygen atoms in total. The van der Waals surface area contributed by atoms with E-state index in [4.69, 9.17) is 9.16 Å². The van der Waals surface area contributed by atoms with Gasteiger partial charge in [-0.1, -0.05) is 73.1 Å². The van der Waals surface area contributed by atoms with Crippen LogP contribution < -0.4 is 4.74 Å². The Labute approximate surface area is 173 Å². The molecule has 2 aromatic rings. The lowest BCUT2D eigenvalue weighted by Crippen LogP contribution is -2.40. The average molecular weight is 451 g/mol. The highest BCUT2D eigenvalue weighted by atomic mass is 79.9. The van der Waals surface area contributed by atoms with E-state index in [-0.39, 0.29) is 5.04 Å². The largest absolute Gasteiger partial charge is 0.489 e. The lowest BCUT2D eigenvalue weighted by atomic mass is 10.1. The second-order valence-corrected chi connectivity index (χ2v) is 13.8. The molecule has 27 heavy (non-hydrogen) atoms. The predicted octanol–water partition coefficient (Wildman–Crippen LogP) is 6.22. The van der Waals surface area contributed by atoms with Crippen molar-refractivity contribution in [3.8, 4) is 5.75 Å². The zero-order valence-electron chi connectivity index (χ0n) is 17.0. The van der Waals surface area contributed by atoms with Crippen LogP contribution in [0.2, 0.25) is 18.1 Å². The second kappa shape index (κ2) is 9.37. The van der Waals surface area contributed by atoms with Gasteiger partial charge in [0.05, 0.1) is 12.7 Å². The fourth-order valence-corrected chi connectivity index (χ4v) is 3.68. The third-order valence-corrected chi connectivity index (χ3v) is 10.3. The Morgan fingerprint density at radius 2 is 1.70 bits per heavy atom. The van der Waals surface area contributed by atoms with E-state index in [0.717, 1.165) is 22.4 Å². The lowest BCUT2D eigenvalue weighted by Gasteiger charge is -2.36. The van der Waals surface area contributed by atoms with Crippen LogP contribution in [0.1, 0.15) is 43.6 Å². The predicted molar refractivity (Wildman–Crippen MR) is 118 cm³/mol. The zero-order valence-corrected chi connectivity index (χ0v) is 19.5. The summed E-state index contributed by atoms with van der Waals surface area (Å²) in [6.45, 7) is 12.2. The van der Waals surface area contributed by atoms with Crippen molar-refractivity contribution in [1.29, 1.82) is 0 Å². The van der Waals surface area contributed by atoms with E-state index in [1.165, 1.54) is 0 Å². The third-order valence-electron chi connectivity index (χ3n) is 5.25. The molecule has 1 N–H and O–H groups in total. The van der Waals surface area contributed by atoms with E-state index in [0.29, 0.717) is 18.5 Å². The van der Waals surface area contributed by atoms with Crippen molar-refractivity contribution in [2.75, 3.05) is 5.33 Å². The molecular formula is C22H31BrO3Si. The van der Waals surface area contributed by atoms with Crippen LogP contribution in [0.3, 0.4) is 0 Å². The van der Waals surface area contributed by atoms with Crippen molar-refractivity contribution in [2.24, 2.45) is 0 Å². The molecule has 0 aliphatic heterocycles. The minimum absolute atomic E-state index is 0.144. The molecule has 0 aromatic heterocycles. The summed E-state index contributed by atoms with van der Waals surface area (Å²) in [6.07, 6.45) is -0.542. The molecule has 0 aliphatic rings. The van der Waals surface area contributed by atoms with Crippen LogP contribution in [0.5, 0.6) is 5.75 Å². The van der Waals surface area contributed by atoms with Crippen LogP contribution in [0.4, 0.5) is 0 Å². The van der Waals surface area contributed by atoms with Gasteiger partial charge in [-0.2, -0.15) is 0 Å². The van der Waals surface area contributed by atoms with E-state index >= 15 is 0 Å². The molecule has 0 bridgehead atoms. The summed E-state index contributed by atoms with van der Waals surface area (Å²) in [5.74, 6) is 0.808. The number of hydrogen-bond acceptors (Lipinski definition) is 3. The van der Waals surface area contributed by atoms with Crippen LogP contribution in [0, 0.1) is 0 Å². The average Bonchev–Trinajstić information content (AvgIpc) is 2.64. The lowest BCUT2D eigenvalue weighted by molar-refractivity contribution is 0.204. The van der Waals surface area contributed by atoms with E-state index in [2.05, 4.69) is 61.9 Å². The first-order valence-corrected chi connectivity index (χ1v) is 13.3. The summed E-state index contributed by atoms with van der Waals surface area (Å²) in [4.78, 5) is 0. The number of halogens is 1. The van der Waals surface area contributed by atoms with Gasteiger partial charge >= 0.3 is 0 Å². The number of benzene rings is 2. The molecule has 0 radical (unpaired) electrons. The molecular weight excluding hydrogens is 420 g/mol. The van der Waals surface area contributed by atoms with Crippen molar-refractivity contribution in [2.45, 2.75) is 58.2 Å². The van der Waals surface area contributed by atoms with Gasteiger partial charge in [0.2, 0.25) is 0 Å². The first-order chi connectivity index (χ1) is 12.6. The van der Waals surface area contributed by atoms with E-state index < -0.39 is 14.4 Å². The number of hydrogen-bond donors (Lipinski definition) is 1. The van der Waals surface area contributed by atoms with Gasteiger partial charge in [0, 0.05) is 10.9 Å². The molecule has 148 valence electrons. The summed E-state index contributed by atoms with van der Waals surface area (Å²) in [5, 5.41) is 10.8. The molecule has 0 amide bonds. The van der Waals surface area contributed by atoms with Crippen LogP contribution in [-0.4, -0.2) is 18.8 Å². The Balaban J connectivity index is 2.21. The summed E-state index contributed by atoms with van der Waals surface area (Å²) >= 11 is 3.35. The summed E-state index contributed by atoms with van der Waals surface area (Å²) in [5.41, 5.74) is 2.97. The number of aliphatic hydroxyl groups excluding tert-OH is 1. The molecule has 0 heterocycles. The van der Waals surface area contributed by atoms with Crippen LogP contribution >= 0.6 is 15.9 Å². The van der Waals surface area contributed by atoms with Crippen LogP contribution in [-0.2, 0) is 17.6 Å². The molecule has 5 heteroatoms. The summed E-state index contributed by atoms with van der Waals surface area (Å²) < 4.78 is 12.5. The highest BCUT2D eigenvalue weighted by molar-refractivity contribution is 9.09. The van der Waals surface area contributed by atoms with Gasteiger partial charge in [0.15, 0.2) is 8.32 Å². The van der Waals surface area contributed by atoms with Crippen LogP contribution in [0.25, 0.3) is 0 Å². The van der Waals surface area contributed by atoms with E-state index in [1.807, 2.05) is 36.4 Å². The van der Waals surface area contributed by atoms with Gasteiger partial charge in [0.1, 0.15) is 12.4 Å². The maximum atomic E-state index is 10.2. The zero-order chi connectivity index (χ0) is 20.1. The molecule has 0 saturated heterocycles. The van der Waals surface area contributed by atoms with Gasteiger partial charge in [0.25, 0.3) is 0 Å². The fourth-order valence-electron chi connectivity index (χ4n) is 2.36. The Hall–Kier alpha value is -1.14. The normalized spacial score (nSPS) is 13.4. The van der Waals surface area contributed by atoms with E-state index in [9.17, 15) is 5.11 Å². The standard InChI is InChI=1S/C22H31BrO3Si/c1-22(2,3)27(4,5)26-16-19-13-18(20(24)14-23)11-12-21(19)25-15-17-9-7-6-8-10-17/h6-13,20,24H,14-16H2,1-5H3/t20-/m0/s1. The molecule has 0 aliphatic carbocycles. The summed E-state index contributed by atoms with van der Waals surface area (Å²) in [6, 6.07) is 16.0. The topological polar surface area (TPSA) is 38.7 Å². The van der Waals surface area contributed by atoms with Crippen molar-refractivity contribution in [3.05, 3.63) is 65.2 Å². The minimum atomic E-state index is -1.88. The fraction of sp³-hybridized carbons (Fsp3) is 0.455. The van der Waals surface area contributed by atoms with Gasteiger partial charge < -0.3 is 14.3 Å². The third kappa shape index (κ3) is 6.18. The number of rotatable bonds is 8. The first kappa shape index (κ1) is 22.1. The van der Waals surface area contributed by atoms with Gasteiger partial charge in [-0.25, -0.2) is 0 Å². The summed E-state index contributed by atoms with van der Waals surface area (Å²) in [7, 11) is -1.88. The van der Waals surface area contributed by atoms with Gasteiger partial charge in [-0.05, 0) is 41.4 Å². The van der Waals surface area contributed by atoms with Crippen molar-refractivity contribution in [1.82, 2.24) is 0 Å². The quantitative estimate of drug-likeness (QED) is 0.383. The number of ether oxygens (including phenoxy) is 1. The highest BCUT2D eigenvalue weighted by Crippen LogP contribution is 2.38. The Morgan fingerprint density at radius 3 is 2.30 bits per heavy atom. The first-order valence-electron chi connectivity index (χ1n) is 9.31. The molecule has 0 saturated carbocycles. The Kier molecular flexibility index (Phi) is 7.69. The number of alkyl halides is 1. The Morgan fingerprint density at radius 1 is 1.04 bits per heavy atom. The highest BCUT2D eigenvalue weighted by Gasteiger charge is 2.37. The molecule has 2 aromatic carbocycles. The maximum Gasteiger partial charge on any atom is 0.192 e. The van der Waals surface area contributed by atoms with Gasteiger partial charge in [-0.15, -0.1) is 0 Å². The molecule has 0 fully saturated rings. The van der Waals surface area contributed by atoms with Crippen molar-refractivity contribution in [3.63, 3.8) is 0 Å². The molecule has 0 unspecified atom stereocenters. The molecule has 1 atom stereocenters. The molecule has 2 rings (SSSR count). The van der Waals surface area contributed by atoms with E-state index in [1.54, 1.807) is 0 Å².